The molecule has 0 unspecified atom stereocenters. The minimum absolute atomic E-state index is 0.788. The summed E-state index contributed by atoms with van der Waals surface area (Å²) in [6.45, 7) is 0. The van der Waals surface area contributed by atoms with Gasteiger partial charge in [0.1, 0.15) is 22.3 Å². The van der Waals surface area contributed by atoms with Crippen LogP contribution >= 0.6 is 11.3 Å². The molecule has 12 aromatic rings. The summed E-state index contributed by atoms with van der Waals surface area (Å²) in [6.07, 6.45) is 0. The fourth-order valence-corrected chi connectivity index (χ4v) is 9.22. The Morgan fingerprint density at radius 3 is 1.70 bits per heavy atom. The molecule has 50 heavy (non-hydrogen) atoms. The van der Waals surface area contributed by atoms with E-state index in [-0.39, 0.29) is 0 Å². The lowest BCUT2D eigenvalue weighted by atomic mass is 9.85. The van der Waals surface area contributed by atoms with E-state index in [1.165, 1.54) is 48.3 Å². The average molecular weight is 657 g/mol. The van der Waals surface area contributed by atoms with Crippen LogP contribution in [0.1, 0.15) is 0 Å². The van der Waals surface area contributed by atoms with Gasteiger partial charge in [-0.15, -0.1) is 11.3 Å². The predicted octanol–water partition coefficient (Wildman–Crippen LogP) is 14.2. The molecule has 12 rings (SSSR count). The van der Waals surface area contributed by atoms with Gasteiger partial charge in [0, 0.05) is 42.4 Å². The van der Waals surface area contributed by atoms with Crippen LogP contribution in [0.25, 0.3) is 120 Å². The van der Waals surface area contributed by atoms with Crippen molar-refractivity contribution in [1.82, 2.24) is 0 Å². The molecule has 0 aliphatic carbocycles. The van der Waals surface area contributed by atoms with E-state index >= 15 is 0 Å². The SMILES string of the molecule is c1ccc2c(c1)oc1c2ccc2c3ccc(-c4c5ccccc5c(-c5cccc6oc7c8ccsc8ccc7c56)c5ccccc45)cc3oc21. The van der Waals surface area contributed by atoms with Gasteiger partial charge in [0.2, 0.25) is 0 Å². The number of para-hydroxylation sites is 1. The van der Waals surface area contributed by atoms with Crippen LogP contribution in [0.15, 0.2) is 158 Å². The van der Waals surface area contributed by atoms with Gasteiger partial charge in [-0.05, 0) is 104 Å². The molecule has 0 N–H and O–H groups in total. The van der Waals surface area contributed by atoms with Gasteiger partial charge in [0.25, 0.3) is 0 Å². The van der Waals surface area contributed by atoms with Crippen molar-refractivity contribution in [2.24, 2.45) is 0 Å². The summed E-state index contributed by atoms with van der Waals surface area (Å²) in [6, 6.07) is 49.8. The summed E-state index contributed by atoms with van der Waals surface area (Å²) < 4.78 is 20.9. The van der Waals surface area contributed by atoms with Gasteiger partial charge in [-0.1, -0.05) is 84.9 Å². The fraction of sp³-hybridized carbons (Fsp3) is 0. The van der Waals surface area contributed by atoms with Crippen molar-refractivity contribution >= 4 is 109 Å². The van der Waals surface area contributed by atoms with Crippen LogP contribution < -0.4 is 0 Å². The van der Waals surface area contributed by atoms with Crippen molar-refractivity contribution in [1.29, 1.82) is 0 Å². The molecule has 0 saturated heterocycles. The molecule has 232 valence electrons. The van der Waals surface area contributed by atoms with Gasteiger partial charge in [-0.2, -0.15) is 0 Å². The van der Waals surface area contributed by atoms with Crippen molar-refractivity contribution in [2.45, 2.75) is 0 Å². The number of rotatable bonds is 2. The fourth-order valence-electron chi connectivity index (χ4n) is 8.44. The quantitative estimate of drug-likeness (QED) is 0.174. The maximum absolute atomic E-state index is 6.68. The monoisotopic (exact) mass is 656 g/mol. The third-order valence-electron chi connectivity index (χ3n) is 10.6. The van der Waals surface area contributed by atoms with E-state index < -0.39 is 0 Å². The van der Waals surface area contributed by atoms with E-state index in [1.54, 1.807) is 11.3 Å². The summed E-state index contributed by atoms with van der Waals surface area (Å²) in [5.41, 5.74) is 9.86. The molecule has 8 aromatic carbocycles. The second-order valence-electron chi connectivity index (χ2n) is 13.1. The zero-order valence-corrected chi connectivity index (χ0v) is 27.3. The molecule has 0 fully saturated rings. The standard InChI is InChI=1S/C46H24O3S/c1-3-11-30-28(9-1)41(25-16-17-27-33-19-18-32-26-8-5-6-14-37(26)47-45(32)46(33)49-39(27)24-25)29-10-2-4-12-31(29)42(30)35-13-7-15-38-43(35)36-20-21-40-34(22-23-50-40)44(36)48-38/h1-24H. The minimum atomic E-state index is 0.788. The third-order valence-corrected chi connectivity index (χ3v) is 11.5. The Bertz CT molecular complexity index is 3330. The Kier molecular flexibility index (Phi) is 5.12. The number of benzene rings is 8. The molecule has 4 heterocycles. The molecular weight excluding hydrogens is 633 g/mol. The molecule has 0 atom stereocenters. The van der Waals surface area contributed by atoms with E-state index in [1.807, 2.05) is 18.2 Å². The van der Waals surface area contributed by atoms with Crippen LogP contribution in [0, 0.1) is 0 Å². The van der Waals surface area contributed by atoms with Crippen LogP contribution in [-0.4, -0.2) is 0 Å². The molecular formula is C46H24O3S. The second kappa shape index (κ2) is 9.63. The van der Waals surface area contributed by atoms with Crippen molar-refractivity contribution in [3.8, 4) is 22.3 Å². The summed E-state index contributed by atoms with van der Waals surface area (Å²) in [5.74, 6) is 0. The van der Waals surface area contributed by atoms with Gasteiger partial charge < -0.3 is 13.3 Å². The third kappa shape index (κ3) is 3.43. The van der Waals surface area contributed by atoms with Gasteiger partial charge in [-0.25, -0.2) is 0 Å². The van der Waals surface area contributed by atoms with Gasteiger partial charge >= 0.3 is 0 Å². The Hall–Kier alpha value is -6.36. The molecule has 0 saturated carbocycles. The van der Waals surface area contributed by atoms with Gasteiger partial charge in [0.15, 0.2) is 11.2 Å². The van der Waals surface area contributed by atoms with E-state index in [4.69, 9.17) is 13.3 Å². The smallest absolute Gasteiger partial charge is 0.178 e. The number of thiophene rings is 1. The molecule has 0 spiro atoms. The lowest BCUT2D eigenvalue weighted by Gasteiger charge is -2.18. The summed E-state index contributed by atoms with van der Waals surface area (Å²) >= 11 is 1.75. The van der Waals surface area contributed by atoms with E-state index in [9.17, 15) is 0 Å². The largest absolute Gasteiger partial charge is 0.455 e. The normalized spacial score (nSPS) is 12.4. The predicted molar refractivity (Wildman–Crippen MR) is 210 cm³/mol. The number of hydrogen-bond donors (Lipinski definition) is 0. The van der Waals surface area contributed by atoms with E-state index in [0.717, 1.165) is 71.4 Å². The topological polar surface area (TPSA) is 39.4 Å². The first kappa shape index (κ1) is 26.6. The second-order valence-corrected chi connectivity index (χ2v) is 14.1. The number of fused-ring (bicyclic) bond motifs is 14. The van der Waals surface area contributed by atoms with Crippen LogP contribution in [0.5, 0.6) is 0 Å². The summed E-state index contributed by atoms with van der Waals surface area (Å²) in [5, 5.41) is 14.7. The molecule has 0 radical (unpaired) electrons. The van der Waals surface area contributed by atoms with Crippen molar-refractivity contribution in [2.75, 3.05) is 0 Å². The summed E-state index contributed by atoms with van der Waals surface area (Å²) in [4.78, 5) is 0. The zero-order chi connectivity index (χ0) is 32.5. The molecule has 4 aromatic heterocycles. The molecule has 4 heteroatoms. The Morgan fingerprint density at radius 2 is 0.940 bits per heavy atom. The maximum atomic E-state index is 6.68. The van der Waals surface area contributed by atoms with Gasteiger partial charge in [-0.3, -0.25) is 0 Å². The van der Waals surface area contributed by atoms with Crippen LogP contribution in [0.4, 0.5) is 0 Å². The first-order valence-corrected chi connectivity index (χ1v) is 17.7. The Labute approximate surface area is 288 Å². The highest BCUT2D eigenvalue weighted by Crippen LogP contribution is 2.48. The van der Waals surface area contributed by atoms with Gasteiger partial charge in [0.05, 0.1) is 0 Å². The van der Waals surface area contributed by atoms with Crippen LogP contribution in [-0.2, 0) is 0 Å². The molecule has 3 nitrogen and oxygen atoms in total. The van der Waals surface area contributed by atoms with Crippen molar-refractivity contribution in [3.63, 3.8) is 0 Å². The molecule has 0 amide bonds. The average Bonchev–Trinajstić information content (AvgIpc) is 3.95. The van der Waals surface area contributed by atoms with Crippen LogP contribution in [0.3, 0.4) is 0 Å². The van der Waals surface area contributed by atoms with E-state index in [2.05, 4.69) is 127 Å². The summed E-state index contributed by atoms with van der Waals surface area (Å²) in [7, 11) is 0. The first-order valence-electron chi connectivity index (χ1n) is 16.8. The number of hydrogen-bond acceptors (Lipinski definition) is 4. The highest BCUT2D eigenvalue weighted by atomic mass is 32.1. The zero-order valence-electron chi connectivity index (χ0n) is 26.5. The van der Waals surface area contributed by atoms with Crippen molar-refractivity contribution < 1.29 is 13.3 Å². The number of furan rings is 3. The lowest BCUT2D eigenvalue weighted by Crippen LogP contribution is -1.91. The molecule has 0 bridgehead atoms. The highest BCUT2D eigenvalue weighted by molar-refractivity contribution is 7.17. The maximum Gasteiger partial charge on any atom is 0.178 e. The first-order chi connectivity index (χ1) is 24.8. The molecule has 0 aliphatic rings. The Morgan fingerprint density at radius 1 is 0.360 bits per heavy atom. The highest BCUT2D eigenvalue weighted by Gasteiger charge is 2.22. The van der Waals surface area contributed by atoms with Crippen molar-refractivity contribution in [3.05, 3.63) is 145 Å². The Balaban J connectivity index is 1.15. The minimum Gasteiger partial charge on any atom is -0.455 e. The molecule has 0 aliphatic heterocycles. The van der Waals surface area contributed by atoms with E-state index in [0.29, 0.717) is 0 Å². The lowest BCUT2D eigenvalue weighted by molar-refractivity contribution is 0.633. The van der Waals surface area contributed by atoms with Crippen LogP contribution in [0.2, 0.25) is 0 Å².